The number of hydrogen-bond acceptors (Lipinski definition) is 3. The molecule has 21 heavy (non-hydrogen) atoms. The summed E-state index contributed by atoms with van der Waals surface area (Å²) in [7, 11) is 0. The second-order valence-corrected chi connectivity index (χ2v) is 4.39. The highest BCUT2D eigenvalue weighted by Crippen LogP contribution is 2.18. The van der Waals surface area contributed by atoms with Gasteiger partial charge in [-0.25, -0.2) is 14.0 Å². The van der Waals surface area contributed by atoms with E-state index in [-0.39, 0.29) is 5.69 Å². The summed E-state index contributed by atoms with van der Waals surface area (Å²) >= 11 is 0. The molecule has 110 valence electrons. The van der Waals surface area contributed by atoms with Crippen molar-refractivity contribution in [1.82, 2.24) is 10.2 Å². The maximum Gasteiger partial charge on any atom is 0.338 e. The van der Waals surface area contributed by atoms with Crippen LogP contribution in [0.25, 0.3) is 0 Å². The molecule has 1 aromatic carbocycles. The number of aromatic amines is 1. The third-order valence-corrected chi connectivity index (χ3v) is 2.82. The van der Waals surface area contributed by atoms with Crippen LogP contribution in [0.4, 0.5) is 20.6 Å². The van der Waals surface area contributed by atoms with Gasteiger partial charge < -0.3 is 15.7 Å². The van der Waals surface area contributed by atoms with Crippen LogP contribution in [0.5, 0.6) is 0 Å². The number of nitrogens with zero attached hydrogens (tertiary/aromatic N) is 1. The molecule has 0 aliphatic rings. The Hall–Kier alpha value is -2.90. The zero-order valence-electron chi connectivity index (χ0n) is 11.3. The minimum Gasteiger partial charge on any atom is -0.478 e. The van der Waals surface area contributed by atoms with Crippen molar-refractivity contribution in [3.05, 3.63) is 41.0 Å². The van der Waals surface area contributed by atoms with Crippen LogP contribution in [0.2, 0.25) is 0 Å². The summed E-state index contributed by atoms with van der Waals surface area (Å²) < 4.78 is 13.5. The molecule has 1 aromatic heterocycles. The van der Waals surface area contributed by atoms with Crippen molar-refractivity contribution in [3.63, 3.8) is 0 Å². The molecule has 8 heteroatoms. The molecule has 7 nitrogen and oxygen atoms in total. The van der Waals surface area contributed by atoms with E-state index in [1.165, 1.54) is 6.07 Å². The van der Waals surface area contributed by atoms with E-state index in [0.29, 0.717) is 17.1 Å². The second kappa shape index (κ2) is 5.61. The van der Waals surface area contributed by atoms with Crippen molar-refractivity contribution >= 4 is 23.4 Å². The quantitative estimate of drug-likeness (QED) is 0.697. The van der Waals surface area contributed by atoms with Crippen LogP contribution in [-0.2, 0) is 0 Å². The van der Waals surface area contributed by atoms with Gasteiger partial charge in [-0.05, 0) is 32.0 Å². The van der Waals surface area contributed by atoms with Crippen LogP contribution in [0.1, 0.15) is 21.7 Å². The van der Waals surface area contributed by atoms with Crippen LogP contribution in [0, 0.1) is 19.7 Å². The summed E-state index contributed by atoms with van der Waals surface area (Å²) in [5.74, 6) is -2.29. The first-order valence-corrected chi connectivity index (χ1v) is 6.01. The Balaban J connectivity index is 2.10. The minimum atomic E-state index is -1.37. The number of H-pyrrole nitrogens is 1. The van der Waals surface area contributed by atoms with E-state index in [4.69, 9.17) is 5.11 Å². The van der Waals surface area contributed by atoms with Crippen molar-refractivity contribution in [2.45, 2.75) is 13.8 Å². The number of carbonyl (C=O) groups is 2. The number of anilines is 2. The van der Waals surface area contributed by atoms with Crippen LogP contribution in [0.3, 0.4) is 0 Å². The molecular formula is C13H13FN4O3. The normalized spacial score (nSPS) is 10.2. The van der Waals surface area contributed by atoms with Gasteiger partial charge in [-0.1, -0.05) is 0 Å². The second-order valence-electron chi connectivity index (χ2n) is 4.39. The maximum atomic E-state index is 13.5. The van der Waals surface area contributed by atoms with Gasteiger partial charge in [0.25, 0.3) is 0 Å². The number of carboxylic acids is 1. The molecular weight excluding hydrogens is 279 g/mol. The van der Waals surface area contributed by atoms with Crippen molar-refractivity contribution < 1.29 is 19.1 Å². The number of nitrogens with one attached hydrogen (secondary N) is 3. The van der Waals surface area contributed by atoms with Gasteiger partial charge in [0.2, 0.25) is 0 Å². The lowest BCUT2D eigenvalue weighted by atomic mass is 10.2. The molecule has 4 N–H and O–H groups in total. The number of aryl methyl sites for hydroxylation is 2. The van der Waals surface area contributed by atoms with Gasteiger partial charge in [-0.2, -0.15) is 5.10 Å². The molecule has 0 radical (unpaired) electrons. The first-order chi connectivity index (χ1) is 9.88. The fraction of sp³-hybridized carbons (Fsp3) is 0.154. The number of benzene rings is 1. The number of urea groups is 1. The highest BCUT2D eigenvalue weighted by molar-refractivity contribution is 6.00. The molecule has 0 aliphatic carbocycles. The van der Waals surface area contributed by atoms with E-state index < -0.39 is 23.4 Å². The summed E-state index contributed by atoms with van der Waals surface area (Å²) in [6.07, 6.45) is 0. The van der Waals surface area contributed by atoms with Gasteiger partial charge in [-0.3, -0.25) is 5.10 Å². The van der Waals surface area contributed by atoms with Crippen molar-refractivity contribution in [2.75, 3.05) is 10.6 Å². The van der Waals surface area contributed by atoms with E-state index in [0.717, 1.165) is 12.1 Å². The Morgan fingerprint density at radius 3 is 2.52 bits per heavy atom. The third-order valence-electron chi connectivity index (χ3n) is 2.82. The predicted molar refractivity (Wildman–Crippen MR) is 74.1 cm³/mol. The molecule has 0 saturated carbocycles. The molecule has 2 rings (SSSR count). The zero-order chi connectivity index (χ0) is 15.6. The van der Waals surface area contributed by atoms with Gasteiger partial charge in [0, 0.05) is 5.69 Å². The van der Waals surface area contributed by atoms with Crippen molar-refractivity contribution in [3.8, 4) is 0 Å². The fourth-order valence-corrected chi connectivity index (χ4v) is 1.78. The lowest BCUT2D eigenvalue weighted by Gasteiger charge is -2.08. The molecule has 1 heterocycles. The average molecular weight is 292 g/mol. The Kier molecular flexibility index (Phi) is 3.88. The van der Waals surface area contributed by atoms with Gasteiger partial charge in [0.1, 0.15) is 5.82 Å². The smallest absolute Gasteiger partial charge is 0.338 e. The summed E-state index contributed by atoms with van der Waals surface area (Å²) in [4.78, 5) is 22.5. The molecule has 0 bridgehead atoms. The molecule has 0 atom stereocenters. The topological polar surface area (TPSA) is 107 Å². The number of aromatic nitrogens is 2. The van der Waals surface area contributed by atoms with E-state index in [2.05, 4.69) is 20.8 Å². The SMILES string of the molecule is Cc1n[nH]c(C)c1NC(=O)Nc1ccc(C(=O)O)c(F)c1. The zero-order valence-corrected chi connectivity index (χ0v) is 11.3. The van der Waals surface area contributed by atoms with Crippen LogP contribution >= 0.6 is 0 Å². The van der Waals surface area contributed by atoms with E-state index in [9.17, 15) is 14.0 Å². The molecule has 2 amide bonds. The van der Waals surface area contributed by atoms with Gasteiger partial charge in [-0.15, -0.1) is 0 Å². The third kappa shape index (κ3) is 3.16. The highest BCUT2D eigenvalue weighted by atomic mass is 19.1. The number of carbonyl (C=O) groups excluding carboxylic acids is 1. The molecule has 0 fully saturated rings. The van der Waals surface area contributed by atoms with Crippen LogP contribution in [-0.4, -0.2) is 27.3 Å². The monoisotopic (exact) mass is 292 g/mol. The number of halogens is 1. The Morgan fingerprint density at radius 2 is 2.00 bits per heavy atom. The van der Waals surface area contributed by atoms with Crippen molar-refractivity contribution in [1.29, 1.82) is 0 Å². The Bertz CT molecular complexity index is 692. The largest absolute Gasteiger partial charge is 0.478 e. The Labute approximate surface area is 119 Å². The summed E-state index contributed by atoms with van der Waals surface area (Å²) in [6.45, 7) is 3.47. The number of rotatable bonds is 3. The average Bonchev–Trinajstić information content (AvgIpc) is 2.70. The number of carboxylic acid groups (broad SMARTS) is 1. The van der Waals surface area contributed by atoms with Crippen molar-refractivity contribution in [2.24, 2.45) is 0 Å². The van der Waals surface area contributed by atoms with Crippen LogP contribution < -0.4 is 10.6 Å². The molecule has 2 aromatic rings. The van der Waals surface area contributed by atoms with E-state index >= 15 is 0 Å². The first kappa shape index (κ1) is 14.5. The minimum absolute atomic E-state index is 0.147. The van der Waals surface area contributed by atoms with Gasteiger partial charge in [0.15, 0.2) is 0 Å². The first-order valence-electron chi connectivity index (χ1n) is 6.01. The lowest BCUT2D eigenvalue weighted by Crippen LogP contribution is -2.20. The molecule has 0 aliphatic heterocycles. The number of hydrogen-bond donors (Lipinski definition) is 4. The maximum absolute atomic E-state index is 13.5. The summed E-state index contributed by atoms with van der Waals surface area (Å²) in [6, 6.07) is 2.76. The van der Waals surface area contributed by atoms with E-state index in [1.807, 2.05) is 0 Å². The number of amides is 2. The predicted octanol–water partition coefficient (Wildman–Crippen LogP) is 2.51. The summed E-state index contributed by atoms with van der Waals surface area (Å²) in [5.41, 5.74) is 1.54. The fourth-order valence-electron chi connectivity index (χ4n) is 1.78. The Morgan fingerprint density at radius 1 is 1.29 bits per heavy atom. The molecule has 0 unspecified atom stereocenters. The highest BCUT2D eigenvalue weighted by Gasteiger charge is 2.13. The summed E-state index contributed by atoms with van der Waals surface area (Å²) in [5, 5.41) is 20.4. The number of aromatic carboxylic acids is 1. The molecule has 0 saturated heterocycles. The van der Waals surface area contributed by atoms with Crippen LogP contribution in [0.15, 0.2) is 18.2 Å². The van der Waals surface area contributed by atoms with E-state index in [1.54, 1.807) is 13.8 Å². The van der Waals surface area contributed by atoms with Gasteiger partial charge >= 0.3 is 12.0 Å². The lowest BCUT2D eigenvalue weighted by molar-refractivity contribution is 0.0692. The standard InChI is InChI=1S/C13H13FN4O3/c1-6-11(7(2)18-17-6)16-13(21)15-8-3-4-9(12(19)20)10(14)5-8/h3-5H,1-2H3,(H,17,18)(H,19,20)(H2,15,16,21). The van der Waals surface area contributed by atoms with Gasteiger partial charge in [0.05, 0.1) is 22.6 Å². The molecule has 0 spiro atoms.